The molecule has 0 aliphatic carbocycles. The summed E-state index contributed by atoms with van der Waals surface area (Å²) in [7, 11) is 1.39. The second-order valence-electron chi connectivity index (χ2n) is 4.91. The monoisotopic (exact) mass is 291 g/mol. The van der Waals surface area contributed by atoms with Crippen LogP contribution in [0, 0.1) is 18.6 Å². The van der Waals surface area contributed by atoms with Crippen molar-refractivity contribution in [2.75, 3.05) is 13.7 Å². The Morgan fingerprint density at radius 3 is 2.33 bits per heavy atom. The number of halogens is 2. The van der Waals surface area contributed by atoms with E-state index in [1.165, 1.54) is 19.2 Å². The molecule has 0 spiro atoms. The van der Waals surface area contributed by atoms with E-state index < -0.39 is 17.7 Å². The molecule has 2 nitrogen and oxygen atoms in total. The molecule has 4 heteroatoms. The first-order chi connectivity index (χ1) is 10.1. The molecule has 0 fully saturated rings. The Bertz CT molecular complexity index is 605. The Morgan fingerprint density at radius 2 is 1.81 bits per heavy atom. The van der Waals surface area contributed by atoms with Crippen LogP contribution in [-0.4, -0.2) is 13.7 Å². The van der Waals surface area contributed by atoms with Gasteiger partial charge in [-0.15, -0.1) is 0 Å². The first-order valence-corrected chi connectivity index (χ1v) is 6.89. The van der Waals surface area contributed by atoms with Crippen molar-refractivity contribution in [3.63, 3.8) is 0 Å². The highest BCUT2D eigenvalue weighted by atomic mass is 19.1. The van der Waals surface area contributed by atoms with Crippen molar-refractivity contribution in [1.29, 1.82) is 0 Å². The molecule has 1 N–H and O–H groups in total. The predicted octanol–water partition coefficient (Wildman–Crippen LogP) is 3.98. The minimum absolute atomic E-state index is 0.0169. The number of aryl methyl sites for hydroxylation is 1. The zero-order valence-corrected chi connectivity index (χ0v) is 12.4. The van der Waals surface area contributed by atoms with Crippen molar-refractivity contribution in [1.82, 2.24) is 5.32 Å². The minimum atomic E-state index is -0.612. The Balaban J connectivity index is 2.53. The van der Waals surface area contributed by atoms with Crippen LogP contribution in [-0.2, 0) is 0 Å². The lowest BCUT2D eigenvalue weighted by atomic mass is 9.96. The van der Waals surface area contributed by atoms with Crippen LogP contribution in [0.25, 0.3) is 0 Å². The number of ether oxygens (including phenoxy) is 1. The lowest BCUT2D eigenvalue weighted by Crippen LogP contribution is -2.24. The Kier molecular flexibility index (Phi) is 4.91. The van der Waals surface area contributed by atoms with E-state index in [-0.39, 0.29) is 11.3 Å². The number of methoxy groups -OCH3 is 1. The van der Waals surface area contributed by atoms with E-state index in [9.17, 15) is 8.78 Å². The second kappa shape index (κ2) is 6.68. The smallest absolute Gasteiger partial charge is 0.134 e. The number of benzene rings is 2. The van der Waals surface area contributed by atoms with E-state index in [1.807, 2.05) is 38.1 Å². The Hall–Kier alpha value is -1.94. The zero-order chi connectivity index (χ0) is 15.4. The summed E-state index contributed by atoms with van der Waals surface area (Å²) >= 11 is 0. The van der Waals surface area contributed by atoms with Gasteiger partial charge in [-0.3, -0.25) is 0 Å². The average Bonchev–Trinajstić information content (AvgIpc) is 2.45. The van der Waals surface area contributed by atoms with Gasteiger partial charge in [-0.05, 0) is 19.0 Å². The first-order valence-electron chi connectivity index (χ1n) is 6.89. The molecule has 0 aromatic heterocycles. The lowest BCUT2D eigenvalue weighted by Gasteiger charge is -2.21. The fourth-order valence-electron chi connectivity index (χ4n) is 2.40. The molecule has 0 bridgehead atoms. The van der Waals surface area contributed by atoms with E-state index >= 15 is 0 Å². The van der Waals surface area contributed by atoms with Crippen LogP contribution >= 0.6 is 0 Å². The number of hydrogen-bond acceptors (Lipinski definition) is 2. The van der Waals surface area contributed by atoms with Gasteiger partial charge in [0.2, 0.25) is 0 Å². The van der Waals surface area contributed by atoms with Gasteiger partial charge in [0.1, 0.15) is 17.4 Å². The van der Waals surface area contributed by atoms with Crippen LogP contribution in [0.1, 0.15) is 29.7 Å². The summed E-state index contributed by atoms with van der Waals surface area (Å²) in [6.07, 6.45) is 0. The number of rotatable bonds is 5. The molecule has 0 amide bonds. The summed E-state index contributed by atoms with van der Waals surface area (Å²) in [4.78, 5) is 0. The maximum Gasteiger partial charge on any atom is 0.134 e. The molecule has 2 aromatic rings. The van der Waals surface area contributed by atoms with E-state index in [0.717, 1.165) is 11.1 Å². The van der Waals surface area contributed by atoms with Gasteiger partial charge in [0.25, 0.3) is 0 Å². The van der Waals surface area contributed by atoms with Crippen molar-refractivity contribution in [2.45, 2.75) is 19.9 Å². The maximum atomic E-state index is 14.3. The van der Waals surface area contributed by atoms with Gasteiger partial charge in [0, 0.05) is 17.7 Å². The van der Waals surface area contributed by atoms with Gasteiger partial charge in [-0.1, -0.05) is 36.8 Å². The van der Waals surface area contributed by atoms with Crippen molar-refractivity contribution < 1.29 is 13.5 Å². The fourth-order valence-corrected chi connectivity index (χ4v) is 2.40. The Morgan fingerprint density at radius 1 is 1.14 bits per heavy atom. The van der Waals surface area contributed by atoms with Gasteiger partial charge in [0.15, 0.2) is 0 Å². The average molecular weight is 291 g/mol. The van der Waals surface area contributed by atoms with Crippen LogP contribution in [0.3, 0.4) is 0 Å². The molecular formula is C17H19F2NO. The molecule has 0 saturated heterocycles. The molecule has 0 heterocycles. The summed E-state index contributed by atoms with van der Waals surface area (Å²) in [5, 5.41) is 3.14. The zero-order valence-electron chi connectivity index (χ0n) is 12.4. The molecule has 0 aliphatic heterocycles. The van der Waals surface area contributed by atoms with Gasteiger partial charge < -0.3 is 10.1 Å². The lowest BCUT2D eigenvalue weighted by molar-refractivity contribution is 0.403. The third-order valence-corrected chi connectivity index (χ3v) is 3.36. The highest BCUT2D eigenvalue weighted by molar-refractivity contribution is 5.39. The van der Waals surface area contributed by atoms with Gasteiger partial charge in [-0.25, -0.2) is 8.78 Å². The van der Waals surface area contributed by atoms with Crippen LogP contribution in [0.5, 0.6) is 5.75 Å². The first kappa shape index (κ1) is 15.4. The van der Waals surface area contributed by atoms with Crippen molar-refractivity contribution in [3.05, 3.63) is 64.7 Å². The molecule has 1 unspecified atom stereocenters. The van der Waals surface area contributed by atoms with Crippen LogP contribution in [0.15, 0.2) is 36.4 Å². The molecule has 112 valence electrons. The molecular weight excluding hydrogens is 272 g/mol. The number of hydrogen-bond donors (Lipinski definition) is 1. The summed E-state index contributed by atoms with van der Waals surface area (Å²) in [5.74, 6) is -1.05. The topological polar surface area (TPSA) is 21.3 Å². The predicted molar refractivity (Wildman–Crippen MR) is 79.6 cm³/mol. The van der Waals surface area contributed by atoms with Gasteiger partial charge in [0.05, 0.1) is 13.2 Å². The summed E-state index contributed by atoms with van der Waals surface area (Å²) in [5.41, 5.74) is 1.90. The van der Waals surface area contributed by atoms with Crippen LogP contribution < -0.4 is 10.1 Å². The van der Waals surface area contributed by atoms with Crippen LogP contribution in [0.4, 0.5) is 8.78 Å². The molecule has 1 atom stereocenters. The highest BCUT2D eigenvalue weighted by Gasteiger charge is 2.22. The van der Waals surface area contributed by atoms with Gasteiger partial charge in [-0.2, -0.15) is 0 Å². The van der Waals surface area contributed by atoms with E-state index in [2.05, 4.69) is 5.32 Å². The maximum absolute atomic E-state index is 14.3. The minimum Gasteiger partial charge on any atom is -0.497 e. The molecule has 21 heavy (non-hydrogen) atoms. The summed E-state index contributed by atoms with van der Waals surface area (Å²) < 4.78 is 33.5. The highest BCUT2D eigenvalue weighted by Crippen LogP contribution is 2.30. The fraction of sp³-hybridized carbons (Fsp3) is 0.294. The van der Waals surface area contributed by atoms with Crippen molar-refractivity contribution >= 4 is 0 Å². The summed E-state index contributed by atoms with van der Waals surface area (Å²) in [6, 6.07) is 9.51. The van der Waals surface area contributed by atoms with Gasteiger partial charge >= 0.3 is 0 Å². The SMILES string of the molecule is CCNC(c1cccc(C)c1)c1c(F)cc(OC)cc1F. The molecule has 2 aromatic carbocycles. The third-order valence-electron chi connectivity index (χ3n) is 3.36. The quantitative estimate of drug-likeness (QED) is 0.899. The standard InChI is InChI=1S/C17H19F2NO/c1-4-20-17(12-7-5-6-11(2)8-12)16-14(18)9-13(21-3)10-15(16)19/h5-10,17,20H,4H2,1-3H3. The second-order valence-corrected chi connectivity index (χ2v) is 4.91. The van der Waals surface area contributed by atoms with Crippen molar-refractivity contribution in [3.8, 4) is 5.75 Å². The van der Waals surface area contributed by atoms with Crippen LogP contribution in [0.2, 0.25) is 0 Å². The molecule has 2 rings (SSSR count). The molecule has 0 saturated carbocycles. The van der Waals surface area contributed by atoms with E-state index in [4.69, 9.17) is 4.74 Å². The normalized spacial score (nSPS) is 12.2. The molecule has 0 aliphatic rings. The summed E-state index contributed by atoms with van der Waals surface area (Å²) in [6.45, 7) is 4.46. The largest absolute Gasteiger partial charge is 0.497 e. The molecule has 0 radical (unpaired) electrons. The van der Waals surface area contributed by atoms with E-state index in [1.54, 1.807) is 0 Å². The van der Waals surface area contributed by atoms with Crippen molar-refractivity contribution in [2.24, 2.45) is 0 Å². The Labute approximate surface area is 123 Å². The third kappa shape index (κ3) is 3.39. The number of nitrogens with one attached hydrogen (secondary N) is 1. The van der Waals surface area contributed by atoms with E-state index in [0.29, 0.717) is 6.54 Å².